The molecule has 5 heterocycles. The predicted molar refractivity (Wildman–Crippen MR) is 110 cm³/mol. The van der Waals surface area contributed by atoms with Crippen LogP contribution in [0.3, 0.4) is 0 Å². The van der Waals surface area contributed by atoms with Crippen LogP contribution in [0.15, 0.2) is 36.9 Å². The molecule has 0 amide bonds. The second kappa shape index (κ2) is 7.99. The molecule has 1 unspecified atom stereocenters. The van der Waals surface area contributed by atoms with Crippen LogP contribution in [0.5, 0.6) is 0 Å². The lowest BCUT2D eigenvalue weighted by atomic mass is 9.96. The lowest BCUT2D eigenvalue weighted by Gasteiger charge is -2.12. The van der Waals surface area contributed by atoms with Crippen LogP contribution in [-0.4, -0.2) is 49.8 Å². The molecule has 32 heavy (non-hydrogen) atoms. The molecule has 1 aliphatic rings. The van der Waals surface area contributed by atoms with Crippen molar-refractivity contribution < 1.29 is 22.8 Å². The van der Waals surface area contributed by atoms with Gasteiger partial charge in [0.25, 0.3) is 0 Å². The van der Waals surface area contributed by atoms with Crippen molar-refractivity contribution in [1.29, 1.82) is 0 Å². The Labute approximate surface area is 179 Å². The zero-order valence-corrected chi connectivity index (χ0v) is 16.8. The van der Waals surface area contributed by atoms with Crippen molar-refractivity contribution >= 4 is 27.6 Å². The molecule has 0 bridgehead atoms. The van der Waals surface area contributed by atoms with Crippen LogP contribution >= 0.6 is 0 Å². The SMILES string of the molecule is O=C(c1cc2c(cn1)c(-c1c[nH]c3cnccc13)nn2CC(F)(F)F)C1CCCONC1. The minimum atomic E-state index is -4.48. The molecule has 2 N–H and O–H groups in total. The second-order valence-corrected chi connectivity index (χ2v) is 7.73. The van der Waals surface area contributed by atoms with Crippen molar-refractivity contribution in [2.24, 2.45) is 5.92 Å². The Morgan fingerprint density at radius 2 is 2.16 bits per heavy atom. The number of H-pyrrole nitrogens is 1. The van der Waals surface area contributed by atoms with Gasteiger partial charge in [-0.1, -0.05) is 0 Å². The lowest BCUT2D eigenvalue weighted by molar-refractivity contribution is -0.141. The topological polar surface area (TPSA) is 97.7 Å². The molecule has 166 valence electrons. The molecular formula is C21H19F3N6O2. The number of carbonyl (C=O) groups is 1. The van der Waals surface area contributed by atoms with E-state index < -0.39 is 12.7 Å². The summed E-state index contributed by atoms with van der Waals surface area (Å²) in [6, 6.07) is 3.17. The van der Waals surface area contributed by atoms with E-state index >= 15 is 0 Å². The van der Waals surface area contributed by atoms with Crippen LogP contribution < -0.4 is 5.48 Å². The van der Waals surface area contributed by atoms with Crippen molar-refractivity contribution in [3.05, 3.63) is 42.6 Å². The van der Waals surface area contributed by atoms with E-state index in [1.807, 2.05) is 0 Å². The average molecular weight is 444 g/mol. The highest BCUT2D eigenvalue weighted by atomic mass is 19.4. The summed E-state index contributed by atoms with van der Waals surface area (Å²) in [6.07, 6.45) is 3.19. The van der Waals surface area contributed by atoms with Crippen LogP contribution in [-0.2, 0) is 11.4 Å². The molecule has 5 rings (SSSR count). The van der Waals surface area contributed by atoms with E-state index in [9.17, 15) is 18.0 Å². The van der Waals surface area contributed by atoms with Crippen molar-refractivity contribution in [2.45, 2.75) is 25.6 Å². The first-order valence-electron chi connectivity index (χ1n) is 10.1. The fourth-order valence-electron chi connectivity index (χ4n) is 4.03. The quantitative estimate of drug-likeness (QED) is 0.467. The number of pyridine rings is 2. The van der Waals surface area contributed by atoms with Gasteiger partial charge in [-0.25, -0.2) is 5.48 Å². The standard InChI is InChI=1S/C21H19F3N6O2/c22-21(23,24)11-30-18-6-16(20(31)12-2-1-5-32-28-7-12)26-9-15(18)19(29-30)14-8-27-17-10-25-4-3-13(14)17/h3-4,6,8-10,12,27-28H,1-2,5,7,11H2. The van der Waals surface area contributed by atoms with Gasteiger partial charge in [0.1, 0.15) is 17.9 Å². The fourth-order valence-corrected chi connectivity index (χ4v) is 4.03. The third kappa shape index (κ3) is 3.84. The monoisotopic (exact) mass is 444 g/mol. The predicted octanol–water partition coefficient (Wildman–Crippen LogP) is 3.65. The molecule has 1 saturated heterocycles. The number of fused-ring (bicyclic) bond motifs is 2. The molecule has 0 aromatic carbocycles. The maximum atomic E-state index is 13.3. The first-order chi connectivity index (χ1) is 15.4. The molecule has 4 aromatic rings. The third-order valence-corrected chi connectivity index (χ3v) is 5.56. The van der Waals surface area contributed by atoms with Gasteiger partial charge >= 0.3 is 6.18 Å². The lowest BCUT2D eigenvalue weighted by Crippen LogP contribution is -2.26. The van der Waals surface area contributed by atoms with Crippen LogP contribution in [0, 0.1) is 5.92 Å². The Hall–Kier alpha value is -3.31. The maximum absolute atomic E-state index is 13.3. The molecule has 4 aromatic heterocycles. The molecule has 1 atom stereocenters. The molecular weight excluding hydrogens is 425 g/mol. The number of hydrogen-bond acceptors (Lipinski definition) is 6. The third-order valence-electron chi connectivity index (χ3n) is 5.56. The molecule has 11 heteroatoms. The molecule has 0 saturated carbocycles. The summed E-state index contributed by atoms with van der Waals surface area (Å²) >= 11 is 0. The van der Waals surface area contributed by atoms with Gasteiger partial charge in [-0.3, -0.25) is 19.4 Å². The van der Waals surface area contributed by atoms with Gasteiger partial charge in [-0.05, 0) is 25.0 Å². The first kappa shape index (κ1) is 20.6. The zero-order valence-electron chi connectivity index (χ0n) is 16.8. The number of nitrogens with one attached hydrogen (secondary N) is 2. The second-order valence-electron chi connectivity index (χ2n) is 7.73. The number of rotatable bonds is 4. The average Bonchev–Trinajstić information content (AvgIpc) is 3.21. The molecule has 1 aliphatic heterocycles. The Morgan fingerprint density at radius 3 is 3.00 bits per heavy atom. The van der Waals surface area contributed by atoms with E-state index in [0.29, 0.717) is 42.6 Å². The Bertz CT molecular complexity index is 1290. The summed E-state index contributed by atoms with van der Waals surface area (Å²) in [5.41, 5.74) is 4.80. The summed E-state index contributed by atoms with van der Waals surface area (Å²) in [4.78, 5) is 29.6. The van der Waals surface area contributed by atoms with E-state index in [2.05, 4.69) is 25.5 Å². The van der Waals surface area contributed by atoms with E-state index in [1.165, 1.54) is 12.3 Å². The smallest absolute Gasteiger partial charge is 0.359 e. The van der Waals surface area contributed by atoms with Crippen molar-refractivity contribution in [3.8, 4) is 11.3 Å². The number of aromatic nitrogens is 5. The molecule has 8 nitrogen and oxygen atoms in total. The van der Waals surface area contributed by atoms with Crippen molar-refractivity contribution in [3.63, 3.8) is 0 Å². The number of carbonyl (C=O) groups excluding carboxylic acids is 1. The number of nitrogens with zero attached hydrogens (tertiary/aromatic N) is 4. The van der Waals surface area contributed by atoms with Crippen LogP contribution in [0.4, 0.5) is 13.2 Å². The normalized spacial score (nSPS) is 17.7. The maximum Gasteiger partial charge on any atom is 0.408 e. The minimum Gasteiger partial charge on any atom is -0.359 e. The number of alkyl halides is 3. The van der Waals surface area contributed by atoms with Gasteiger partial charge < -0.3 is 9.82 Å². The Kier molecular flexibility index (Phi) is 5.14. The highest BCUT2D eigenvalue weighted by Gasteiger charge is 2.31. The number of hydroxylamine groups is 1. The number of halogens is 3. The number of Topliss-reactive ketones (excluding diaryl/α,β-unsaturated/α-hetero) is 1. The summed E-state index contributed by atoms with van der Waals surface area (Å²) < 4.78 is 40.8. The molecule has 0 aliphatic carbocycles. The highest BCUT2D eigenvalue weighted by Crippen LogP contribution is 2.34. The Balaban J connectivity index is 1.62. The van der Waals surface area contributed by atoms with Gasteiger partial charge in [-0.15, -0.1) is 0 Å². The molecule has 0 radical (unpaired) electrons. The molecule has 0 spiro atoms. The van der Waals surface area contributed by atoms with E-state index in [0.717, 1.165) is 15.6 Å². The minimum absolute atomic E-state index is 0.115. The Morgan fingerprint density at radius 1 is 1.28 bits per heavy atom. The van der Waals surface area contributed by atoms with Gasteiger partial charge in [0.05, 0.1) is 23.8 Å². The first-order valence-corrected chi connectivity index (χ1v) is 10.1. The molecule has 1 fully saturated rings. The summed E-state index contributed by atoms with van der Waals surface area (Å²) in [5, 5.41) is 5.48. The van der Waals surface area contributed by atoms with Gasteiger partial charge in [-0.2, -0.15) is 18.3 Å². The fraction of sp³-hybridized carbons (Fsp3) is 0.333. The van der Waals surface area contributed by atoms with Gasteiger partial charge in [0.15, 0.2) is 5.78 Å². The summed E-state index contributed by atoms with van der Waals surface area (Å²) in [7, 11) is 0. The summed E-state index contributed by atoms with van der Waals surface area (Å²) in [5.74, 6) is -0.591. The summed E-state index contributed by atoms with van der Waals surface area (Å²) in [6.45, 7) is -0.447. The van der Waals surface area contributed by atoms with Crippen molar-refractivity contribution in [1.82, 2.24) is 30.2 Å². The van der Waals surface area contributed by atoms with Crippen LogP contribution in [0.2, 0.25) is 0 Å². The van der Waals surface area contributed by atoms with Gasteiger partial charge in [0.2, 0.25) is 0 Å². The number of ketones is 1. The van der Waals surface area contributed by atoms with Gasteiger partial charge in [0, 0.05) is 47.4 Å². The number of hydrogen-bond donors (Lipinski definition) is 2. The largest absolute Gasteiger partial charge is 0.408 e. The highest BCUT2D eigenvalue weighted by molar-refractivity contribution is 6.05. The van der Waals surface area contributed by atoms with Crippen molar-refractivity contribution in [2.75, 3.05) is 13.2 Å². The van der Waals surface area contributed by atoms with Crippen LogP contribution in [0.25, 0.3) is 33.1 Å². The zero-order chi connectivity index (χ0) is 22.3. The van der Waals surface area contributed by atoms with E-state index in [-0.39, 0.29) is 22.9 Å². The van der Waals surface area contributed by atoms with Crippen LogP contribution in [0.1, 0.15) is 23.3 Å². The number of aromatic amines is 1. The van der Waals surface area contributed by atoms with E-state index in [4.69, 9.17) is 4.84 Å². The van der Waals surface area contributed by atoms with E-state index in [1.54, 1.807) is 24.7 Å².